The Morgan fingerprint density at radius 2 is 2.10 bits per heavy atom. The third-order valence-corrected chi connectivity index (χ3v) is 6.97. The lowest BCUT2D eigenvalue weighted by molar-refractivity contribution is -0.114. The Labute approximate surface area is 246 Å². The molecule has 0 spiro atoms. The van der Waals surface area contributed by atoms with Gasteiger partial charge in [-0.15, -0.1) is 0 Å². The summed E-state index contributed by atoms with van der Waals surface area (Å²) in [6, 6.07) is 15.2. The Kier molecular flexibility index (Phi) is 7.96. The maximum atomic E-state index is 13.5. The zero-order valence-electron chi connectivity index (χ0n) is 22.4. The SMILES string of the molecule is O=C(C=CCn1ccnc1)N1CCCOc2cc3ncnc(Nc4ccc(OCc5cccc(F)c5)c(Cl)c4)c3cc21. The van der Waals surface area contributed by atoms with Crippen molar-refractivity contribution >= 4 is 45.6 Å². The minimum atomic E-state index is -0.322. The maximum Gasteiger partial charge on any atom is 0.250 e. The highest BCUT2D eigenvalue weighted by atomic mass is 35.5. The molecule has 0 unspecified atom stereocenters. The largest absolute Gasteiger partial charge is 0.491 e. The van der Waals surface area contributed by atoms with Crippen LogP contribution < -0.4 is 19.7 Å². The standard InChI is InChI=1S/C31H26ClFN6O3/c32-25-15-23(7-8-28(25)42-18-21-4-1-5-22(33)14-21)37-31-24-16-27-29(17-26(24)35-19-36-31)41-13-3-11-39(27)30(40)6-2-10-38-12-9-34-20-38/h1-2,4-9,12,14-17,19-20H,3,10-11,13,18H2,(H,35,36,37). The van der Waals surface area contributed by atoms with E-state index >= 15 is 0 Å². The van der Waals surface area contributed by atoms with Gasteiger partial charge in [0.05, 0.1) is 29.2 Å². The number of nitrogens with zero attached hydrogens (tertiary/aromatic N) is 5. The molecule has 9 nitrogen and oxygen atoms in total. The highest BCUT2D eigenvalue weighted by Gasteiger charge is 2.23. The van der Waals surface area contributed by atoms with E-state index in [0.29, 0.717) is 76.3 Å². The van der Waals surface area contributed by atoms with Crippen molar-refractivity contribution < 1.29 is 18.7 Å². The molecule has 42 heavy (non-hydrogen) atoms. The highest BCUT2D eigenvalue weighted by molar-refractivity contribution is 6.32. The van der Waals surface area contributed by atoms with Crippen molar-refractivity contribution in [2.24, 2.45) is 0 Å². The molecule has 3 heterocycles. The Morgan fingerprint density at radius 1 is 1.17 bits per heavy atom. The van der Waals surface area contributed by atoms with E-state index in [1.807, 2.05) is 35.0 Å². The van der Waals surface area contributed by atoms with E-state index in [9.17, 15) is 9.18 Å². The van der Waals surface area contributed by atoms with Gasteiger partial charge in [0.15, 0.2) is 0 Å². The van der Waals surface area contributed by atoms with Gasteiger partial charge in [-0.25, -0.2) is 19.3 Å². The van der Waals surface area contributed by atoms with Crippen molar-refractivity contribution in [1.82, 2.24) is 19.5 Å². The number of rotatable bonds is 8. The monoisotopic (exact) mass is 584 g/mol. The Balaban J connectivity index is 1.23. The average molecular weight is 585 g/mol. The van der Waals surface area contributed by atoms with Gasteiger partial charge in [0.25, 0.3) is 5.91 Å². The summed E-state index contributed by atoms with van der Waals surface area (Å²) in [6.45, 7) is 1.72. The normalized spacial score (nSPS) is 13.0. The molecule has 0 fully saturated rings. The molecule has 0 saturated heterocycles. The molecule has 5 aromatic rings. The topological polar surface area (TPSA) is 94.4 Å². The number of nitrogens with one attached hydrogen (secondary N) is 1. The van der Waals surface area contributed by atoms with Crippen LogP contribution in [-0.2, 0) is 17.9 Å². The molecule has 1 N–H and O–H groups in total. The third kappa shape index (κ3) is 6.18. The molecule has 6 rings (SSSR count). The molecule has 2 aromatic heterocycles. The predicted octanol–water partition coefficient (Wildman–Crippen LogP) is 6.31. The van der Waals surface area contributed by atoms with E-state index in [0.717, 1.165) is 0 Å². The molecule has 11 heteroatoms. The molecule has 1 amide bonds. The first-order valence-electron chi connectivity index (χ1n) is 13.3. The Bertz CT molecular complexity index is 1760. The quantitative estimate of drug-likeness (QED) is 0.213. The van der Waals surface area contributed by atoms with E-state index in [1.165, 1.54) is 18.5 Å². The zero-order chi connectivity index (χ0) is 28.9. The third-order valence-electron chi connectivity index (χ3n) is 6.67. The first-order valence-corrected chi connectivity index (χ1v) is 13.7. The van der Waals surface area contributed by atoms with Crippen molar-refractivity contribution in [3.63, 3.8) is 0 Å². The number of carbonyl (C=O) groups excluding carboxylic acids is 1. The van der Waals surface area contributed by atoms with Gasteiger partial charge in [0.1, 0.15) is 36.1 Å². The summed E-state index contributed by atoms with van der Waals surface area (Å²) in [7, 11) is 0. The Morgan fingerprint density at radius 3 is 2.93 bits per heavy atom. The van der Waals surface area contributed by atoms with Crippen molar-refractivity contribution in [2.75, 3.05) is 23.4 Å². The van der Waals surface area contributed by atoms with E-state index in [4.69, 9.17) is 21.1 Å². The van der Waals surface area contributed by atoms with Crippen molar-refractivity contribution in [3.05, 3.63) is 108 Å². The van der Waals surface area contributed by atoms with Crippen LogP contribution in [0.3, 0.4) is 0 Å². The van der Waals surface area contributed by atoms with Gasteiger partial charge in [-0.2, -0.15) is 0 Å². The fourth-order valence-electron chi connectivity index (χ4n) is 4.63. The lowest BCUT2D eigenvalue weighted by atomic mass is 10.1. The number of benzene rings is 3. The van der Waals surface area contributed by atoms with Gasteiger partial charge >= 0.3 is 0 Å². The van der Waals surface area contributed by atoms with E-state index in [-0.39, 0.29) is 18.3 Å². The zero-order valence-corrected chi connectivity index (χ0v) is 23.2. The van der Waals surface area contributed by atoms with Crippen LogP contribution in [0.15, 0.2) is 91.8 Å². The molecule has 212 valence electrons. The minimum Gasteiger partial charge on any atom is -0.491 e. The second-order valence-electron chi connectivity index (χ2n) is 9.60. The van der Waals surface area contributed by atoms with Gasteiger partial charge in [0.2, 0.25) is 0 Å². The smallest absolute Gasteiger partial charge is 0.250 e. The summed E-state index contributed by atoms with van der Waals surface area (Å²) < 4.78 is 27.1. The van der Waals surface area contributed by atoms with Crippen LogP contribution in [0.1, 0.15) is 12.0 Å². The average Bonchev–Trinajstić information content (AvgIpc) is 3.42. The van der Waals surface area contributed by atoms with Crippen molar-refractivity contribution in [1.29, 1.82) is 0 Å². The van der Waals surface area contributed by atoms with Crippen LogP contribution >= 0.6 is 11.6 Å². The van der Waals surface area contributed by atoms with Crippen LogP contribution in [0.4, 0.5) is 21.6 Å². The second-order valence-corrected chi connectivity index (χ2v) is 10.0. The number of fused-ring (bicyclic) bond motifs is 2. The van der Waals surface area contributed by atoms with Crippen LogP contribution in [0.5, 0.6) is 11.5 Å². The van der Waals surface area contributed by atoms with Gasteiger partial charge in [-0.05, 0) is 48.4 Å². The number of anilines is 3. The molecule has 0 saturated carbocycles. The van der Waals surface area contributed by atoms with Crippen LogP contribution in [0.25, 0.3) is 10.9 Å². The molecule has 0 radical (unpaired) electrons. The van der Waals surface area contributed by atoms with Crippen molar-refractivity contribution in [2.45, 2.75) is 19.6 Å². The Hall–Kier alpha value is -4.96. The molecule has 3 aromatic carbocycles. The molecule has 0 atom stereocenters. The van der Waals surface area contributed by atoms with Gasteiger partial charge in [-0.1, -0.05) is 29.8 Å². The summed E-state index contributed by atoms with van der Waals surface area (Å²) in [4.78, 5) is 27.9. The first kappa shape index (κ1) is 27.2. The number of imidazole rings is 1. The molecule has 0 bridgehead atoms. The number of halogens is 2. The van der Waals surface area contributed by atoms with Crippen LogP contribution in [0, 0.1) is 5.82 Å². The van der Waals surface area contributed by atoms with E-state index in [1.54, 1.807) is 47.8 Å². The van der Waals surface area contributed by atoms with Gasteiger partial charge < -0.3 is 24.3 Å². The van der Waals surface area contributed by atoms with E-state index in [2.05, 4.69) is 20.3 Å². The number of allylic oxidation sites excluding steroid dienone is 1. The summed E-state index contributed by atoms with van der Waals surface area (Å²) in [5.74, 6) is 1.13. The van der Waals surface area contributed by atoms with E-state index < -0.39 is 0 Å². The lowest BCUT2D eigenvalue weighted by Gasteiger charge is -2.21. The number of hydrogen-bond donors (Lipinski definition) is 1. The highest BCUT2D eigenvalue weighted by Crippen LogP contribution is 2.38. The number of ether oxygens (including phenoxy) is 2. The van der Waals surface area contributed by atoms with Crippen LogP contribution in [0.2, 0.25) is 5.02 Å². The molecular weight excluding hydrogens is 559 g/mol. The minimum absolute atomic E-state index is 0.145. The molecular formula is C31H26ClFN6O3. The predicted molar refractivity (Wildman–Crippen MR) is 159 cm³/mol. The number of hydrogen-bond acceptors (Lipinski definition) is 7. The summed E-state index contributed by atoms with van der Waals surface area (Å²) in [5, 5.41) is 4.40. The molecule has 1 aliphatic rings. The second kappa shape index (κ2) is 12.3. The van der Waals surface area contributed by atoms with Gasteiger partial charge in [-0.3, -0.25) is 4.79 Å². The summed E-state index contributed by atoms with van der Waals surface area (Å²) in [5.41, 5.74) is 2.69. The summed E-state index contributed by atoms with van der Waals surface area (Å²) in [6.07, 6.45) is 10.8. The van der Waals surface area contributed by atoms with Gasteiger partial charge in [0, 0.05) is 48.7 Å². The molecule has 1 aliphatic heterocycles. The first-order chi connectivity index (χ1) is 20.5. The fraction of sp³-hybridized carbons (Fsp3) is 0.161. The molecule has 0 aliphatic carbocycles. The fourth-order valence-corrected chi connectivity index (χ4v) is 4.87. The number of aromatic nitrogens is 4. The van der Waals surface area contributed by atoms with Crippen molar-refractivity contribution in [3.8, 4) is 11.5 Å². The summed E-state index contributed by atoms with van der Waals surface area (Å²) >= 11 is 6.51. The lowest BCUT2D eigenvalue weighted by Crippen LogP contribution is -2.29. The van der Waals surface area contributed by atoms with Crippen LogP contribution in [-0.4, -0.2) is 38.6 Å². The number of amides is 1. The number of carbonyl (C=O) groups is 1. The maximum absolute atomic E-state index is 13.5.